The summed E-state index contributed by atoms with van der Waals surface area (Å²) < 4.78 is 22.9. The van der Waals surface area contributed by atoms with Gasteiger partial charge in [0.2, 0.25) is 27.0 Å². The number of sulfonamides is 1. The number of carbonyl (C=O) groups excluding carboxylic acids is 2. The van der Waals surface area contributed by atoms with E-state index in [9.17, 15) is 18.0 Å². The summed E-state index contributed by atoms with van der Waals surface area (Å²) in [6.45, 7) is 3.06. The number of benzene rings is 1. The highest BCUT2D eigenvalue weighted by molar-refractivity contribution is 8.02. The van der Waals surface area contributed by atoms with Crippen molar-refractivity contribution in [2.75, 3.05) is 10.6 Å². The first-order valence-corrected chi connectivity index (χ1v) is 10.1. The molecule has 0 aliphatic heterocycles. The zero-order valence-corrected chi connectivity index (χ0v) is 15.7. The zero-order chi connectivity index (χ0) is 18.6. The number of nitrogens with two attached hydrogens (primary N) is 1. The Morgan fingerprint density at radius 1 is 1.20 bits per heavy atom. The van der Waals surface area contributed by atoms with Crippen molar-refractivity contribution < 1.29 is 18.0 Å². The summed E-state index contributed by atoms with van der Waals surface area (Å²) in [5.41, 5.74) is 0.445. The molecule has 0 fully saturated rings. The van der Waals surface area contributed by atoms with Crippen LogP contribution in [0.25, 0.3) is 0 Å². The zero-order valence-electron chi connectivity index (χ0n) is 13.2. The van der Waals surface area contributed by atoms with Gasteiger partial charge < -0.3 is 10.6 Å². The minimum atomic E-state index is -3.77. The number of nitrogens with zero attached hydrogens (tertiary/aromatic N) is 2. The van der Waals surface area contributed by atoms with Crippen molar-refractivity contribution in [3.8, 4) is 0 Å². The van der Waals surface area contributed by atoms with Crippen LogP contribution in [0.15, 0.2) is 33.5 Å². The van der Waals surface area contributed by atoms with Gasteiger partial charge in [-0.25, -0.2) is 13.6 Å². The van der Waals surface area contributed by atoms with E-state index in [0.29, 0.717) is 15.2 Å². The monoisotopic (exact) mass is 401 g/mol. The third-order valence-electron chi connectivity index (χ3n) is 2.79. The molecule has 0 aliphatic carbocycles. The quantitative estimate of drug-likeness (QED) is 0.488. The highest BCUT2D eigenvalue weighted by Crippen LogP contribution is 2.29. The molecule has 0 spiro atoms. The lowest BCUT2D eigenvalue weighted by molar-refractivity contribution is -0.115. The molecule has 0 saturated carbocycles. The standard InChI is InChI=1S/C13H15N5O4S3/c1-7(23-13-18-17-12(24-13)15-8(2)19)11(20)16-9-3-5-10(6-4-9)25(14,21)22/h3-7H,1-2H3,(H,16,20)(H2,14,21,22)(H,15,17,19)/t7-/m1/s1. The molecule has 0 saturated heterocycles. The van der Waals surface area contributed by atoms with Crippen molar-refractivity contribution in [3.05, 3.63) is 24.3 Å². The Kier molecular flexibility index (Phi) is 6.11. The molecule has 9 nitrogen and oxygen atoms in total. The van der Waals surface area contributed by atoms with Crippen LogP contribution in [0.4, 0.5) is 10.8 Å². The average molecular weight is 401 g/mol. The molecule has 4 N–H and O–H groups in total. The summed E-state index contributed by atoms with van der Waals surface area (Å²) in [5, 5.41) is 17.8. The number of amides is 2. The molecule has 12 heteroatoms. The van der Waals surface area contributed by atoms with E-state index in [-0.39, 0.29) is 16.7 Å². The predicted octanol–water partition coefficient (Wildman–Crippen LogP) is 1.26. The van der Waals surface area contributed by atoms with Gasteiger partial charge in [0, 0.05) is 12.6 Å². The molecule has 0 radical (unpaired) electrons. The van der Waals surface area contributed by atoms with Crippen molar-refractivity contribution in [2.24, 2.45) is 5.14 Å². The van der Waals surface area contributed by atoms with Crippen LogP contribution in [-0.4, -0.2) is 35.7 Å². The van der Waals surface area contributed by atoms with Crippen LogP contribution in [0, 0.1) is 0 Å². The van der Waals surface area contributed by atoms with Gasteiger partial charge in [0.1, 0.15) is 0 Å². The second kappa shape index (κ2) is 7.91. The fourth-order valence-electron chi connectivity index (χ4n) is 1.64. The lowest BCUT2D eigenvalue weighted by atomic mass is 10.3. The lowest BCUT2D eigenvalue weighted by Gasteiger charge is -2.10. The number of anilines is 2. The smallest absolute Gasteiger partial charge is 0.238 e. The largest absolute Gasteiger partial charge is 0.325 e. The first-order valence-electron chi connectivity index (χ1n) is 6.86. The normalized spacial score (nSPS) is 12.4. The molecule has 2 rings (SSSR count). The third-order valence-corrected chi connectivity index (χ3v) is 5.74. The van der Waals surface area contributed by atoms with Crippen LogP contribution < -0.4 is 15.8 Å². The summed E-state index contributed by atoms with van der Waals surface area (Å²) in [5.74, 6) is -0.536. The number of hydrogen-bond acceptors (Lipinski definition) is 8. The first-order chi connectivity index (χ1) is 11.6. The van der Waals surface area contributed by atoms with Crippen LogP contribution in [0.5, 0.6) is 0 Å². The van der Waals surface area contributed by atoms with E-state index in [1.54, 1.807) is 6.92 Å². The van der Waals surface area contributed by atoms with Crippen LogP contribution >= 0.6 is 23.1 Å². The number of nitrogens with one attached hydrogen (secondary N) is 2. The van der Waals surface area contributed by atoms with Gasteiger partial charge in [0.05, 0.1) is 10.1 Å². The Balaban J connectivity index is 1.96. The number of primary sulfonamides is 1. The molecule has 0 aliphatic rings. The van der Waals surface area contributed by atoms with Crippen LogP contribution in [-0.2, 0) is 19.6 Å². The van der Waals surface area contributed by atoms with Gasteiger partial charge in [-0.1, -0.05) is 23.1 Å². The fraction of sp³-hybridized carbons (Fsp3) is 0.231. The van der Waals surface area contributed by atoms with Crippen molar-refractivity contribution >= 4 is 55.8 Å². The van der Waals surface area contributed by atoms with Gasteiger partial charge in [0.25, 0.3) is 0 Å². The van der Waals surface area contributed by atoms with E-state index in [4.69, 9.17) is 5.14 Å². The van der Waals surface area contributed by atoms with Gasteiger partial charge in [-0.2, -0.15) is 0 Å². The highest BCUT2D eigenvalue weighted by atomic mass is 32.2. The summed E-state index contributed by atoms with van der Waals surface area (Å²) in [6.07, 6.45) is 0. The molecule has 1 atom stereocenters. The molecule has 1 aromatic carbocycles. The Morgan fingerprint density at radius 3 is 2.40 bits per heavy atom. The highest BCUT2D eigenvalue weighted by Gasteiger charge is 2.18. The Bertz CT molecular complexity index is 879. The minimum Gasteiger partial charge on any atom is -0.325 e. The van der Waals surface area contributed by atoms with E-state index < -0.39 is 15.3 Å². The maximum Gasteiger partial charge on any atom is 0.238 e. The van der Waals surface area contributed by atoms with Gasteiger partial charge in [-0.3, -0.25) is 9.59 Å². The molecule has 0 unspecified atom stereocenters. The minimum absolute atomic E-state index is 0.0349. The first kappa shape index (κ1) is 19.3. The molecule has 134 valence electrons. The number of rotatable bonds is 6. The van der Waals surface area contributed by atoms with Crippen molar-refractivity contribution in [1.29, 1.82) is 0 Å². The average Bonchev–Trinajstić information content (AvgIpc) is 2.93. The van der Waals surface area contributed by atoms with Gasteiger partial charge in [0.15, 0.2) is 4.34 Å². The van der Waals surface area contributed by atoms with E-state index >= 15 is 0 Å². The van der Waals surface area contributed by atoms with Crippen molar-refractivity contribution in [1.82, 2.24) is 10.2 Å². The lowest BCUT2D eigenvalue weighted by Crippen LogP contribution is -2.22. The van der Waals surface area contributed by atoms with Crippen LogP contribution in [0.3, 0.4) is 0 Å². The number of hydrogen-bond donors (Lipinski definition) is 3. The summed E-state index contributed by atoms with van der Waals surface area (Å²) in [4.78, 5) is 23.1. The fourth-order valence-corrected chi connectivity index (χ4v) is 4.09. The Hall–Kier alpha value is -2.02. The Labute approximate surface area is 152 Å². The Morgan fingerprint density at radius 2 is 1.84 bits per heavy atom. The molecule has 1 aromatic heterocycles. The van der Waals surface area contributed by atoms with E-state index in [1.165, 1.54) is 54.3 Å². The van der Waals surface area contributed by atoms with E-state index in [2.05, 4.69) is 20.8 Å². The van der Waals surface area contributed by atoms with Gasteiger partial charge >= 0.3 is 0 Å². The third kappa shape index (κ3) is 5.77. The van der Waals surface area contributed by atoms with Crippen molar-refractivity contribution in [2.45, 2.75) is 28.3 Å². The van der Waals surface area contributed by atoms with Crippen LogP contribution in [0.1, 0.15) is 13.8 Å². The summed E-state index contributed by atoms with van der Waals surface area (Å²) in [6, 6.07) is 5.53. The molecule has 25 heavy (non-hydrogen) atoms. The van der Waals surface area contributed by atoms with Crippen LogP contribution in [0.2, 0.25) is 0 Å². The molecular formula is C13H15N5O4S3. The molecule has 1 heterocycles. The molecular weight excluding hydrogens is 386 g/mol. The second-order valence-corrected chi connectivity index (χ2v) is 9.00. The number of thioether (sulfide) groups is 1. The summed E-state index contributed by atoms with van der Waals surface area (Å²) >= 11 is 2.36. The maximum absolute atomic E-state index is 12.2. The molecule has 2 aromatic rings. The summed E-state index contributed by atoms with van der Waals surface area (Å²) in [7, 11) is -3.77. The SMILES string of the molecule is CC(=O)Nc1nnc(S[C@H](C)C(=O)Nc2ccc(S(N)(=O)=O)cc2)s1. The topological polar surface area (TPSA) is 144 Å². The van der Waals surface area contributed by atoms with E-state index in [1.807, 2.05) is 0 Å². The number of carbonyl (C=O) groups is 2. The second-order valence-electron chi connectivity index (χ2n) is 4.87. The van der Waals surface area contributed by atoms with Gasteiger partial charge in [-0.15, -0.1) is 10.2 Å². The number of aromatic nitrogens is 2. The maximum atomic E-state index is 12.2. The van der Waals surface area contributed by atoms with Gasteiger partial charge in [-0.05, 0) is 31.2 Å². The van der Waals surface area contributed by atoms with E-state index in [0.717, 1.165) is 0 Å². The van der Waals surface area contributed by atoms with Crippen molar-refractivity contribution in [3.63, 3.8) is 0 Å². The molecule has 0 bridgehead atoms. The predicted molar refractivity (Wildman–Crippen MR) is 96.0 cm³/mol. The molecule has 2 amide bonds.